The largest absolute Gasteiger partial charge is 0.383 e. The fourth-order valence-corrected chi connectivity index (χ4v) is 3.07. The van der Waals surface area contributed by atoms with E-state index in [1.807, 2.05) is 18.2 Å². The van der Waals surface area contributed by atoms with Crippen molar-refractivity contribution in [2.45, 2.75) is 23.3 Å². The minimum Gasteiger partial charge on any atom is -0.383 e. The average molecular weight is 270 g/mol. The molecule has 0 aliphatic carbocycles. The van der Waals surface area contributed by atoms with Crippen molar-refractivity contribution < 1.29 is 0 Å². The highest BCUT2D eigenvalue weighted by Crippen LogP contribution is 2.36. The molecule has 19 heavy (non-hydrogen) atoms. The van der Waals surface area contributed by atoms with E-state index in [2.05, 4.69) is 39.8 Å². The zero-order chi connectivity index (χ0) is 13.2. The summed E-state index contributed by atoms with van der Waals surface area (Å²) in [7, 11) is 0. The molecule has 0 saturated heterocycles. The molecule has 0 spiro atoms. The number of aryl methyl sites for hydroxylation is 1. The van der Waals surface area contributed by atoms with Crippen LogP contribution < -0.4 is 5.73 Å². The van der Waals surface area contributed by atoms with Gasteiger partial charge in [0.1, 0.15) is 17.8 Å². The molecule has 0 unspecified atom stereocenters. The number of nitrogens with zero attached hydrogens (tertiary/aromatic N) is 3. The number of rotatable bonds is 3. The first kappa shape index (κ1) is 12.0. The third-order valence-electron chi connectivity index (χ3n) is 2.96. The lowest BCUT2D eigenvalue weighted by molar-refractivity contribution is 0.781. The highest BCUT2D eigenvalue weighted by atomic mass is 32.2. The van der Waals surface area contributed by atoms with Crippen LogP contribution in [-0.4, -0.2) is 14.5 Å². The summed E-state index contributed by atoms with van der Waals surface area (Å²) in [5.74, 6) is 0.538. The van der Waals surface area contributed by atoms with Crippen LogP contribution in [-0.2, 0) is 6.54 Å². The van der Waals surface area contributed by atoms with Crippen molar-refractivity contribution in [3.05, 3.63) is 42.9 Å². The molecule has 5 heteroatoms. The number of benzene rings is 1. The predicted octanol–water partition coefficient (Wildman–Crippen LogP) is 3.18. The molecule has 2 heterocycles. The Morgan fingerprint density at radius 1 is 1.21 bits per heavy atom. The van der Waals surface area contributed by atoms with Crippen molar-refractivity contribution in [3.8, 4) is 0 Å². The molecule has 2 aromatic heterocycles. The minimum atomic E-state index is 0.538. The van der Waals surface area contributed by atoms with Crippen LogP contribution in [0.5, 0.6) is 0 Å². The highest BCUT2D eigenvalue weighted by Gasteiger charge is 2.13. The maximum absolute atomic E-state index is 6.00. The molecule has 0 aliphatic rings. The molecule has 0 aliphatic heterocycles. The second-order valence-corrected chi connectivity index (χ2v) is 5.27. The van der Waals surface area contributed by atoms with Crippen molar-refractivity contribution in [1.29, 1.82) is 0 Å². The molecule has 3 rings (SSSR count). The molecule has 1 aromatic carbocycles. The smallest absolute Gasteiger partial charge is 0.146 e. The molecular formula is C14H14N4S. The Kier molecular flexibility index (Phi) is 3.13. The molecule has 0 saturated carbocycles. The van der Waals surface area contributed by atoms with E-state index >= 15 is 0 Å². The molecule has 0 radical (unpaired) electrons. The topological polar surface area (TPSA) is 56.7 Å². The number of hydrogen-bond acceptors (Lipinski definition) is 4. The van der Waals surface area contributed by atoms with Crippen molar-refractivity contribution >= 4 is 28.6 Å². The molecule has 0 bridgehead atoms. The maximum Gasteiger partial charge on any atom is 0.146 e. The average Bonchev–Trinajstić information content (AvgIpc) is 2.79. The van der Waals surface area contributed by atoms with Gasteiger partial charge in [-0.15, -0.1) is 0 Å². The van der Waals surface area contributed by atoms with Crippen LogP contribution >= 0.6 is 11.8 Å². The zero-order valence-electron chi connectivity index (χ0n) is 10.6. The molecule has 0 amide bonds. The van der Waals surface area contributed by atoms with E-state index in [1.165, 1.54) is 11.2 Å². The third-order valence-corrected chi connectivity index (χ3v) is 4.00. The van der Waals surface area contributed by atoms with Crippen LogP contribution in [0.1, 0.15) is 6.92 Å². The van der Waals surface area contributed by atoms with Crippen LogP contribution in [0.2, 0.25) is 0 Å². The molecule has 3 aromatic rings. The number of fused-ring (bicyclic) bond motifs is 1. The molecular weight excluding hydrogens is 256 g/mol. The van der Waals surface area contributed by atoms with Gasteiger partial charge in [-0.05, 0) is 19.1 Å². The van der Waals surface area contributed by atoms with E-state index in [0.29, 0.717) is 5.82 Å². The lowest BCUT2D eigenvalue weighted by Gasteiger charge is -2.00. The second kappa shape index (κ2) is 4.93. The Morgan fingerprint density at radius 3 is 2.74 bits per heavy atom. The Hall–Kier alpha value is -2.01. The Morgan fingerprint density at radius 2 is 2.00 bits per heavy atom. The van der Waals surface area contributed by atoms with Gasteiger partial charge < -0.3 is 10.3 Å². The lowest BCUT2D eigenvalue weighted by Crippen LogP contribution is -1.96. The Labute approximate surface area is 115 Å². The van der Waals surface area contributed by atoms with Crippen molar-refractivity contribution in [2.75, 3.05) is 5.73 Å². The summed E-state index contributed by atoms with van der Waals surface area (Å²) in [5, 5.41) is 0.943. The van der Waals surface area contributed by atoms with Crippen LogP contribution in [0.15, 0.2) is 52.6 Å². The van der Waals surface area contributed by atoms with Gasteiger partial charge in [0, 0.05) is 22.5 Å². The van der Waals surface area contributed by atoms with Gasteiger partial charge in [-0.25, -0.2) is 9.97 Å². The van der Waals surface area contributed by atoms with Gasteiger partial charge in [-0.3, -0.25) is 0 Å². The first-order chi connectivity index (χ1) is 9.29. The highest BCUT2D eigenvalue weighted by molar-refractivity contribution is 7.99. The van der Waals surface area contributed by atoms with E-state index in [-0.39, 0.29) is 0 Å². The third kappa shape index (κ3) is 2.17. The fraction of sp³-hybridized carbons (Fsp3) is 0.143. The van der Waals surface area contributed by atoms with Crippen LogP contribution in [0.25, 0.3) is 11.0 Å². The Balaban J connectivity index is 2.13. The molecule has 96 valence electrons. The number of nitrogens with two attached hydrogens (primary N) is 1. The quantitative estimate of drug-likeness (QED) is 0.794. The van der Waals surface area contributed by atoms with Gasteiger partial charge in [-0.2, -0.15) is 0 Å². The summed E-state index contributed by atoms with van der Waals surface area (Å²) in [6.07, 6.45) is 3.61. The van der Waals surface area contributed by atoms with E-state index in [9.17, 15) is 0 Å². The summed E-state index contributed by atoms with van der Waals surface area (Å²) in [6, 6.07) is 10.2. The van der Waals surface area contributed by atoms with E-state index in [4.69, 9.17) is 5.73 Å². The van der Waals surface area contributed by atoms with Crippen molar-refractivity contribution in [3.63, 3.8) is 0 Å². The van der Waals surface area contributed by atoms with Crippen LogP contribution in [0, 0.1) is 0 Å². The molecule has 0 atom stereocenters. The van der Waals surface area contributed by atoms with Crippen molar-refractivity contribution in [1.82, 2.24) is 14.5 Å². The first-order valence-electron chi connectivity index (χ1n) is 6.12. The van der Waals surface area contributed by atoms with Gasteiger partial charge in [-0.1, -0.05) is 30.0 Å². The van der Waals surface area contributed by atoms with Crippen molar-refractivity contribution in [2.24, 2.45) is 0 Å². The summed E-state index contributed by atoms with van der Waals surface area (Å²) >= 11 is 1.69. The number of nitrogen functional groups attached to an aromatic ring is 1. The first-order valence-corrected chi connectivity index (χ1v) is 6.93. The van der Waals surface area contributed by atoms with Gasteiger partial charge in [0.2, 0.25) is 0 Å². The van der Waals surface area contributed by atoms with Crippen LogP contribution in [0.3, 0.4) is 0 Å². The molecule has 0 fully saturated rings. The lowest BCUT2D eigenvalue weighted by atomic mass is 10.4. The second-order valence-electron chi connectivity index (χ2n) is 4.15. The van der Waals surface area contributed by atoms with E-state index in [0.717, 1.165) is 22.5 Å². The number of hydrogen-bond donors (Lipinski definition) is 1. The van der Waals surface area contributed by atoms with Gasteiger partial charge in [0.05, 0.1) is 5.39 Å². The zero-order valence-corrected chi connectivity index (χ0v) is 11.4. The molecule has 2 N–H and O–H groups in total. The minimum absolute atomic E-state index is 0.538. The fourth-order valence-electron chi connectivity index (χ4n) is 2.04. The van der Waals surface area contributed by atoms with Gasteiger partial charge in [0.25, 0.3) is 0 Å². The predicted molar refractivity (Wildman–Crippen MR) is 78.2 cm³/mol. The summed E-state index contributed by atoms with van der Waals surface area (Å²) < 4.78 is 2.10. The number of anilines is 1. The summed E-state index contributed by atoms with van der Waals surface area (Å²) in [6.45, 7) is 2.96. The normalized spacial score (nSPS) is 11.0. The standard InChI is InChI=1S/C14H14N4S/c1-2-18-8-11(19-10-6-4-3-5-7-10)12-13(15)16-9-17-14(12)18/h3-9H,2H2,1H3,(H2,15,16,17). The molecule has 4 nitrogen and oxygen atoms in total. The van der Waals surface area contributed by atoms with Gasteiger partial charge >= 0.3 is 0 Å². The van der Waals surface area contributed by atoms with Crippen LogP contribution in [0.4, 0.5) is 5.82 Å². The SMILES string of the molecule is CCn1cc(Sc2ccccc2)c2c(N)ncnc21. The summed E-state index contributed by atoms with van der Waals surface area (Å²) in [5.41, 5.74) is 6.90. The Bertz CT molecular complexity index is 706. The number of aromatic nitrogens is 3. The van der Waals surface area contributed by atoms with Gasteiger partial charge in [0.15, 0.2) is 0 Å². The van der Waals surface area contributed by atoms with E-state index in [1.54, 1.807) is 11.8 Å². The monoisotopic (exact) mass is 270 g/mol. The van der Waals surface area contributed by atoms with E-state index < -0.39 is 0 Å². The maximum atomic E-state index is 6.00. The summed E-state index contributed by atoms with van der Waals surface area (Å²) in [4.78, 5) is 10.7.